The van der Waals surface area contributed by atoms with Crippen molar-refractivity contribution in [2.24, 2.45) is 5.73 Å². The van der Waals surface area contributed by atoms with Crippen molar-refractivity contribution in [1.29, 1.82) is 0 Å². The van der Waals surface area contributed by atoms with E-state index in [-0.39, 0.29) is 12.2 Å². The van der Waals surface area contributed by atoms with Gasteiger partial charge in [-0.25, -0.2) is 4.39 Å². The van der Waals surface area contributed by atoms with Crippen LogP contribution in [0.25, 0.3) is 0 Å². The van der Waals surface area contributed by atoms with Crippen LogP contribution in [0.3, 0.4) is 0 Å². The third-order valence-corrected chi connectivity index (χ3v) is 2.65. The number of rotatable bonds is 6. The van der Waals surface area contributed by atoms with Gasteiger partial charge < -0.3 is 10.6 Å². The maximum absolute atomic E-state index is 13.9. The summed E-state index contributed by atoms with van der Waals surface area (Å²) in [7, 11) is 0. The van der Waals surface area contributed by atoms with Crippen LogP contribution in [-0.2, 0) is 6.42 Å². The van der Waals surface area contributed by atoms with Crippen molar-refractivity contribution in [2.75, 3.05) is 24.5 Å². The highest BCUT2D eigenvalue weighted by atomic mass is 19.4. The quantitative estimate of drug-likeness (QED) is 0.810. The van der Waals surface area contributed by atoms with Gasteiger partial charge in [-0.05, 0) is 37.1 Å². The van der Waals surface area contributed by atoms with Crippen molar-refractivity contribution < 1.29 is 17.6 Å². The highest BCUT2D eigenvalue weighted by molar-refractivity contribution is 5.49. The summed E-state index contributed by atoms with van der Waals surface area (Å²) < 4.78 is 51.3. The second-order valence-electron chi connectivity index (χ2n) is 4.36. The summed E-state index contributed by atoms with van der Waals surface area (Å²) in [5, 5.41) is 0. The second kappa shape index (κ2) is 6.75. The van der Waals surface area contributed by atoms with Crippen LogP contribution >= 0.6 is 0 Å². The maximum atomic E-state index is 13.9. The number of benzene rings is 1. The Morgan fingerprint density at radius 2 is 1.95 bits per heavy atom. The molecule has 2 nitrogen and oxygen atoms in total. The molecule has 0 amide bonds. The lowest BCUT2D eigenvalue weighted by Gasteiger charge is -2.26. The Hall–Kier alpha value is -1.30. The summed E-state index contributed by atoms with van der Waals surface area (Å²) in [5.41, 5.74) is 6.03. The van der Waals surface area contributed by atoms with Crippen molar-refractivity contribution in [3.8, 4) is 0 Å². The molecule has 0 aliphatic rings. The number of alkyl halides is 3. The topological polar surface area (TPSA) is 29.3 Å². The zero-order valence-corrected chi connectivity index (χ0v) is 10.8. The van der Waals surface area contributed by atoms with E-state index in [1.165, 1.54) is 12.1 Å². The lowest BCUT2D eigenvalue weighted by Crippen LogP contribution is -2.35. The van der Waals surface area contributed by atoms with Crippen LogP contribution in [0.4, 0.5) is 23.2 Å². The van der Waals surface area contributed by atoms with Gasteiger partial charge in [-0.15, -0.1) is 0 Å². The Balaban J connectivity index is 2.95. The van der Waals surface area contributed by atoms with Gasteiger partial charge in [0, 0.05) is 6.54 Å². The van der Waals surface area contributed by atoms with E-state index in [2.05, 4.69) is 0 Å². The summed E-state index contributed by atoms with van der Waals surface area (Å²) in [6.07, 6.45) is -3.33. The molecule has 0 saturated heterocycles. The lowest BCUT2D eigenvalue weighted by molar-refractivity contribution is -0.119. The molecule has 2 N–H and O–H groups in total. The highest BCUT2D eigenvalue weighted by Gasteiger charge is 2.31. The second-order valence-corrected chi connectivity index (χ2v) is 4.36. The smallest absolute Gasteiger partial charge is 0.360 e. The van der Waals surface area contributed by atoms with Gasteiger partial charge in [0.2, 0.25) is 0 Å². The lowest BCUT2D eigenvalue weighted by atomic mass is 10.1. The predicted octanol–water partition coefficient (Wildman–Crippen LogP) is 3.11. The Kier molecular flexibility index (Phi) is 5.60. The van der Waals surface area contributed by atoms with Gasteiger partial charge in [-0.3, -0.25) is 0 Å². The monoisotopic (exact) mass is 278 g/mol. The molecule has 1 aromatic carbocycles. The molecule has 0 saturated carbocycles. The molecule has 0 fully saturated rings. The molecule has 0 radical (unpaired) electrons. The third kappa shape index (κ3) is 5.06. The van der Waals surface area contributed by atoms with E-state index in [0.717, 1.165) is 4.90 Å². The molecular formula is C13H18F4N2. The number of hydrogen-bond donors (Lipinski definition) is 1. The number of halogens is 4. The highest BCUT2D eigenvalue weighted by Crippen LogP contribution is 2.25. The first-order valence-electron chi connectivity index (χ1n) is 6.17. The molecule has 19 heavy (non-hydrogen) atoms. The third-order valence-electron chi connectivity index (χ3n) is 2.65. The van der Waals surface area contributed by atoms with E-state index in [9.17, 15) is 17.6 Å². The fourth-order valence-corrected chi connectivity index (χ4v) is 1.90. The summed E-state index contributed by atoms with van der Waals surface area (Å²) in [4.78, 5) is 1.02. The van der Waals surface area contributed by atoms with E-state index >= 15 is 0 Å². The van der Waals surface area contributed by atoms with Gasteiger partial charge in [-0.2, -0.15) is 13.2 Å². The first-order chi connectivity index (χ1) is 8.87. The minimum atomic E-state index is -4.35. The molecule has 108 valence electrons. The Morgan fingerprint density at radius 3 is 2.42 bits per heavy atom. The van der Waals surface area contributed by atoms with Crippen LogP contribution in [0.5, 0.6) is 0 Å². The largest absolute Gasteiger partial charge is 0.405 e. The van der Waals surface area contributed by atoms with Crippen molar-refractivity contribution in [2.45, 2.75) is 25.9 Å². The molecule has 0 heterocycles. The average molecular weight is 278 g/mol. The van der Waals surface area contributed by atoms with E-state index in [1.807, 2.05) is 0 Å². The standard InChI is InChI=1S/C13H18F4N2/c1-2-7-19(9-13(15,16)17)12-4-3-10(5-6-18)8-11(12)14/h3-4,8H,2,5-7,9,18H2,1H3. The van der Waals surface area contributed by atoms with E-state index < -0.39 is 18.5 Å². The van der Waals surface area contributed by atoms with Gasteiger partial charge in [0.15, 0.2) is 0 Å². The van der Waals surface area contributed by atoms with E-state index in [1.54, 1.807) is 13.0 Å². The Bertz CT molecular complexity index is 404. The molecule has 0 bridgehead atoms. The van der Waals surface area contributed by atoms with Gasteiger partial charge in [0.1, 0.15) is 12.4 Å². The van der Waals surface area contributed by atoms with E-state index in [0.29, 0.717) is 24.9 Å². The van der Waals surface area contributed by atoms with Crippen LogP contribution in [-0.4, -0.2) is 25.8 Å². The number of hydrogen-bond acceptors (Lipinski definition) is 2. The minimum absolute atomic E-state index is 0.0139. The normalized spacial score (nSPS) is 11.7. The molecule has 1 rings (SSSR count). The summed E-state index contributed by atoms with van der Waals surface area (Å²) in [6.45, 7) is 1.14. The Labute approximate surface area is 110 Å². The van der Waals surface area contributed by atoms with Crippen molar-refractivity contribution in [3.63, 3.8) is 0 Å². The predicted molar refractivity (Wildman–Crippen MR) is 67.7 cm³/mol. The minimum Gasteiger partial charge on any atom is -0.360 e. The zero-order valence-electron chi connectivity index (χ0n) is 10.8. The molecule has 0 atom stereocenters. The molecule has 6 heteroatoms. The molecule has 0 spiro atoms. The van der Waals surface area contributed by atoms with Crippen LogP contribution < -0.4 is 10.6 Å². The first-order valence-corrected chi connectivity index (χ1v) is 6.17. The van der Waals surface area contributed by atoms with Crippen LogP contribution in [0.15, 0.2) is 18.2 Å². The molecule has 0 aliphatic carbocycles. The fourth-order valence-electron chi connectivity index (χ4n) is 1.90. The number of anilines is 1. The van der Waals surface area contributed by atoms with Gasteiger partial charge in [0.05, 0.1) is 5.69 Å². The molecular weight excluding hydrogens is 260 g/mol. The fraction of sp³-hybridized carbons (Fsp3) is 0.538. The SMILES string of the molecule is CCCN(CC(F)(F)F)c1ccc(CCN)cc1F. The average Bonchev–Trinajstić information content (AvgIpc) is 2.27. The molecule has 0 aromatic heterocycles. The Morgan fingerprint density at radius 1 is 1.26 bits per heavy atom. The van der Waals surface area contributed by atoms with Crippen LogP contribution in [0.2, 0.25) is 0 Å². The first kappa shape index (κ1) is 15.8. The van der Waals surface area contributed by atoms with Gasteiger partial charge in [-0.1, -0.05) is 13.0 Å². The van der Waals surface area contributed by atoms with Crippen LogP contribution in [0.1, 0.15) is 18.9 Å². The molecule has 1 aromatic rings. The van der Waals surface area contributed by atoms with Gasteiger partial charge in [0.25, 0.3) is 0 Å². The number of nitrogens with zero attached hydrogens (tertiary/aromatic N) is 1. The number of nitrogens with two attached hydrogens (primary N) is 1. The maximum Gasteiger partial charge on any atom is 0.405 e. The van der Waals surface area contributed by atoms with Gasteiger partial charge >= 0.3 is 6.18 Å². The van der Waals surface area contributed by atoms with Crippen molar-refractivity contribution in [1.82, 2.24) is 0 Å². The molecule has 0 aliphatic heterocycles. The summed E-state index contributed by atoms with van der Waals surface area (Å²) in [6, 6.07) is 4.26. The summed E-state index contributed by atoms with van der Waals surface area (Å²) in [5.74, 6) is -0.636. The van der Waals surface area contributed by atoms with Crippen LogP contribution in [0, 0.1) is 5.82 Å². The summed E-state index contributed by atoms with van der Waals surface area (Å²) >= 11 is 0. The zero-order chi connectivity index (χ0) is 14.5. The molecule has 0 unspecified atom stereocenters. The van der Waals surface area contributed by atoms with E-state index in [4.69, 9.17) is 5.73 Å². The van der Waals surface area contributed by atoms with Crippen molar-refractivity contribution in [3.05, 3.63) is 29.6 Å². The van der Waals surface area contributed by atoms with Crippen molar-refractivity contribution >= 4 is 5.69 Å².